The Morgan fingerprint density at radius 1 is 0.833 bits per heavy atom. The van der Waals surface area contributed by atoms with E-state index in [2.05, 4.69) is 39.9 Å². The third kappa shape index (κ3) is 9.94. The molecular formula is C17H37N. The molecule has 0 aliphatic carbocycles. The van der Waals surface area contributed by atoms with E-state index >= 15 is 0 Å². The molecule has 1 N–H and O–H groups in total. The van der Waals surface area contributed by atoms with Crippen molar-refractivity contribution in [2.45, 2.75) is 86.0 Å². The van der Waals surface area contributed by atoms with Crippen molar-refractivity contribution in [1.82, 2.24) is 5.32 Å². The minimum Gasteiger partial charge on any atom is -0.316 e. The summed E-state index contributed by atoms with van der Waals surface area (Å²) < 4.78 is 0. The van der Waals surface area contributed by atoms with Crippen molar-refractivity contribution in [3.05, 3.63) is 0 Å². The van der Waals surface area contributed by atoms with Crippen LogP contribution < -0.4 is 5.32 Å². The summed E-state index contributed by atoms with van der Waals surface area (Å²) in [6.07, 6.45) is 11.1. The maximum Gasteiger partial charge on any atom is -0.00155 e. The SMILES string of the molecule is CCCCCCCCC(CNCCC)C(C)(C)C. The highest BCUT2D eigenvalue weighted by atomic mass is 14.9. The molecule has 0 saturated carbocycles. The molecule has 0 aromatic heterocycles. The van der Waals surface area contributed by atoms with Crippen LogP contribution in [-0.4, -0.2) is 13.1 Å². The van der Waals surface area contributed by atoms with Crippen LogP contribution >= 0.6 is 0 Å². The van der Waals surface area contributed by atoms with Crippen molar-refractivity contribution in [3.8, 4) is 0 Å². The summed E-state index contributed by atoms with van der Waals surface area (Å²) in [6, 6.07) is 0. The third-order valence-electron chi connectivity index (χ3n) is 3.95. The summed E-state index contributed by atoms with van der Waals surface area (Å²) in [5.41, 5.74) is 0.449. The lowest BCUT2D eigenvalue weighted by atomic mass is 9.77. The van der Waals surface area contributed by atoms with Gasteiger partial charge in [-0.25, -0.2) is 0 Å². The minimum atomic E-state index is 0.449. The van der Waals surface area contributed by atoms with E-state index in [1.807, 2.05) is 0 Å². The molecule has 0 rings (SSSR count). The second-order valence-electron chi connectivity index (χ2n) is 6.82. The zero-order chi connectivity index (χ0) is 13.9. The molecule has 1 nitrogen and oxygen atoms in total. The van der Waals surface area contributed by atoms with Gasteiger partial charge in [0.05, 0.1) is 0 Å². The molecular weight excluding hydrogens is 218 g/mol. The highest BCUT2D eigenvalue weighted by Crippen LogP contribution is 2.30. The lowest BCUT2D eigenvalue weighted by molar-refractivity contribution is 0.213. The van der Waals surface area contributed by atoms with Gasteiger partial charge in [0.1, 0.15) is 0 Å². The van der Waals surface area contributed by atoms with Crippen molar-refractivity contribution >= 4 is 0 Å². The average Bonchev–Trinajstić information content (AvgIpc) is 2.30. The normalized spacial score (nSPS) is 13.8. The maximum absolute atomic E-state index is 3.60. The molecule has 110 valence electrons. The van der Waals surface area contributed by atoms with Crippen LogP contribution in [0.25, 0.3) is 0 Å². The Kier molecular flexibility index (Phi) is 10.8. The second-order valence-corrected chi connectivity index (χ2v) is 6.82. The molecule has 0 saturated heterocycles. The van der Waals surface area contributed by atoms with E-state index in [9.17, 15) is 0 Å². The van der Waals surface area contributed by atoms with E-state index in [0.717, 1.165) is 5.92 Å². The fraction of sp³-hybridized carbons (Fsp3) is 1.00. The van der Waals surface area contributed by atoms with Crippen LogP contribution in [0.2, 0.25) is 0 Å². The molecule has 0 radical (unpaired) electrons. The molecule has 0 aromatic rings. The van der Waals surface area contributed by atoms with Crippen molar-refractivity contribution in [3.63, 3.8) is 0 Å². The van der Waals surface area contributed by atoms with Crippen LogP contribution in [0.3, 0.4) is 0 Å². The number of hydrogen-bond donors (Lipinski definition) is 1. The minimum absolute atomic E-state index is 0.449. The number of rotatable bonds is 11. The molecule has 0 amide bonds. The van der Waals surface area contributed by atoms with Gasteiger partial charge in [-0.2, -0.15) is 0 Å². The molecule has 0 heterocycles. The van der Waals surface area contributed by atoms with Crippen LogP contribution in [0, 0.1) is 11.3 Å². The third-order valence-corrected chi connectivity index (χ3v) is 3.95. The topological polar surface area (TPSA) is 12.0 Å². The Bertz CT molecular complexity index is 169. The van der Waals surface area contributed by atoms with E-state index in [4.69, 9.17) is 0 Å². The largest absolute Gasteiger partial charge is 0.316 e. The van der Waals surface area contributed by atoms with Crippen LogP contribution in [0.5, 0.6) is 0 Å². The van der Waals surface area contributed by atoms with E-state index in [0.29, 0.717) is 5.41 Å². The number of hydrogen-bond acceptors (Lipinski definition) is 1. The standard InChI is InChI=1S/C17H37N/c1-6-8-9-10-11-12-13-16(17(3,4)5)15-18-14-7-2/h16,18H,6-15H2,1-5H3. The Labute approximate surface area is 116 Å². The fourth-order valence-corrected chi connectivity index (χ4v) is 2.47. The van der Waals surface area contributed by atoms with Gasteiger partial charge >= 0.3 is 0 Å². The summed E-state index contributed by atoms with van der Waals surface area (Å²) in [6.45, 7) is 14.1. The first-order valence-corrected chi connectivity index (χ1v) is 8.23. The van der Waals surface area contributed by atoms with E-state index in [-0.39, 0.29) is 0 Å². The molecule has 1 unspecified atom stereocenters. The smallest absolute Gasteiger partial charge is 0.00155 e. The van der Waals surface area contributed by atoms with Crippen molar-refractivity contribution < 1.29 is 0 Å². The Balaban J connectivity index is 3.73. The maximum atomic E-state index is 3.60. The highest BCUT2D eigenvalue weighted by molar-refractivity contribution is 4.76. The monoisotopic (exact) mass is 255 g/mol. The molecule has 0 fully saturated rings. The molecule has 0 aliphatic rings. The first-order valence-electron chi connectivity index (χ1n) is 8.23. The van der Waals surface area contributed by atoms with Gasteiger partial charge in [0.25, 0.3) is 0 Å². The lowest BCUT2D eigenvalue weighted by Gasteiger charge is -2.31. The molecule has 0 aliphatic heterocycles. The van der Waals surface area contributed by atoms with E-state index < -0.39 is 0 Å². The summed E-state index contributed by atoms with van der Waals surface area (Å²) in [5.74, 6) is 0.829. The Hall–Kier alpha value is -0.0400. The first-order chi connectivity index (χ1) is 8.52. The second kappa shape index (κ2) is 10.8. The van der Waals surface area contributed by atoms with Crippen LogP contribution in [0.4, 0.5) is 0 Å². The lowest BCUT2D eigenvalue weighted by Crippen LogP contribution is -2.32. The molecule has 0 spiro atoms. The molecule has 1 heteroatoms. The molecule has 1 atom stereocenters. The molecule has 0 bridgehead atoms. The zero-order valence-corrected chi connectivity index (χ0v) is 13.6. The van der Waals surface area contributed by atoms with Crippen molar-refractivity contribution in [1.29, 1.82) is 0 Å². The summed E-state index contributed by atoms with van der Waals surface area (Å²) >= 11 is 0. The van der Waals surface area contributed by atoms with Crippen molar-refractivity contribution in [2.75, 3.05) is 13.1 Å². The zero-order valence-electron chi connectivity index (χ0n) is 13.6. The quantitative estimate of drug-likeness (QED) is 0.487. The van der Waals surface area contributed by atoms with Crippen LogP contribution in [0.15, 0.2) is 0 Å². The van der Waals surface area contributed by atoms with E-state index in [1.165, 1.54) is 64.5 Å². The van der Waals surface area contributed by atoms with Gasteiger partial charge < -0.3 is 5.32 Å². The average molecular weight is 255 g/mol. The van der Waals surface area contributed by atoms with Gasteiger partial charge in [-0.05, 0) is 37.3 Å². The van der Waals surface area contributed by atoms with Gasteiger partial charge in [0.15, 0.2) is 0 Å². The first kappa shape index (κ1) is 18.0. The molecule has 0 aromatic carbocycles. The van der Waals surface area contributed by atoms with Crippen LogP contribution in [-0.2, 0) is 0 Å². The van der Waals surface area contributed by atoms with Gasteiger partial charge in [0, 0.05) is 0 Å². The van der Waals surface area contributed by atoms with Gasteiger partial charge in [-0.15, -0.1) is 0 Å². The van der Waals surface area contributed by atoms with E-state index in [1.54, 1.807) is 0 Å². The summed E-state index contributed by atoms with van der Waals surface area (Å²) in [7, 11) is 0. The highest BCUT2D eigenvalue weighted by Gasteiger charge is 2.23. The van der Waals surface area contributed by atoms with Gasteiger partial charge in [-0.3, -0.25) is 0 Å². The summed E-state index contributed by atoms with van der Waals surface area (Å²) in [4.78, 5) is 0. The Morgan fingerprint density at radius 2 is 1.44 bits per heavy atom. The van der Waals surface area contributed by atoms with Crippen molar-refractivity contribution in [2.24, 2.45) is 11.3 Å². The summed E-state index contributed by atoms with van der Waals surface area (Å²) in [5, 5.41) is 3.60. The predicted octanol–water partition coefficient (Wildman–Crippen LogP) is 5.40. The van der Waals surface area contributed by atoms with Gasteiger partial charge in [0.2, 0.25) is 0 Å². The van der Waals surface area contributed by atoms with Gasteiger partial charge in [-0.1, -0.05) is 73.1 Å². The predicted molar refractivity (Wildman–Crippen MR) is 84.1 cm³/mol. The number of nitrogens with one attached hydrogen (secondary N) is 1. The number of unbranched alkanes of at least 4 members (excludes halogenated alkanes) is 5. The fourth-order valence-electron chi connectivity index (χ4n) is 2.47. The Morgan fingerprint density at radius 3 is 2.00 bits per heavy atom. The van der Waals surface area contributed by atoms with Crippen LogP contribution in [0.1, 0.15) is 86.0 Å². The molecule has 18 heavy (non-hydrogen) atoms.